The van der Waals surface area contributed by atoms with Crippen LogP contribution in [0.25, 0.3) is 22.3 Å². The molecular formula is C26H21FO5S. The van der Waals surface area contributed by atoms with E-state index in [0.717, 1.165) is 24.3 Å². The number of halogens is 1. The third-order valence-electron chi connectivity index (χ3n) is 6.30. The van der Waals surface area contributed by atoms with Crippen molar-refractivity contribution in [3.63, 3.8) is 0 Å². The molecule has 1 aliphatic rings. The second kappa shape index (κ2) is 7.85. The number of aliphatic carboxylic acids is 1. The number of carbonyl (C=O) groups is 1. The van der Waals surface area contributed by atoms with Crippen LogP contribution in [0.2, 0.25) is 0 Å². The van der Waals surface area contributed by atoms with Crippen molar-refractivity contribution in [2.45, 2.75) is 29.6 Å². The Hall–Kier alpha value is -3.45. The molecule has 0 bridgehead atoms. The van der Waals surface area contributed by atoms with Gasteiger partial charge < -0.3 is 9.52 Å². The summed E-state index contributed by atoms with van der Waals surface area (Å²) >= 11 is 0. The lowest BCUT2D eigenvalue weighted by Crippen LogP contribution is -2.11. The van der Waals surface area contributed by atoms with Crippen molar-refractivity contribution in [2.24, 2.45) is 0 Å². The van der Waals surface area contributed by atoms with Crippen LogP contribution in [0.5, 0.6) is 0 Å². The Morgan fingerprint density at radius 1 is 0.970 bits per heavy atom. The molecule has 1 saturated carbocycles. The number of carboxylic acids is 1. The number of hydrogen-bond donors (Lipinski definition) is 1. The first-order valence-corrected chi connectivity index (χ1v) is 12.3. The van der Waals surface area contributed by atoms with Crippen LogP contribution in [0, 0.1) is 5.82 Å². The number of sulfone groups is 1. The number of fused-ring (bicyclic) bond motifs is 1. The van der Waals surface area contributed by atoms with Crippen molar-refractivity contribution in [2.75, 3.05) is 5.75 Å². The van der Waals surface area contributed by atoms with Crippen molar-refractivity contribution in [1.82, 2.24) is 0 Å². The summed E-state index contributed by atoms with van der Waals surface area (Å²) in [5.41, 5.74) is 3.24. The fourth-order valence-corrected chi connectivity index (χ4v) is 5.57. The molecule has 0 saturated heterocycles. The highest BCUT2D eigenvalue weighted by atomic mass is 32.2. The zero-order valence-corrected chi connectivity index (χ0v) is 18.4. The second-order valence-electron chi connectivity index (χ2n) is 8.42. The van der Waals surface area contributed by atoms with E-state index in [-0.39, 0.29) is 15.9 Å². The van der Waals surface area contributed by atoms with E-state index in [9.17, 15) is 17.6 Å². The fraction of sp³-hybridized carbons (Fsp3) is 0.192. The van der Waals surface area contributed by atoms with E-state index >= 15 is 0 Å². The molecule has 1 aromatic heterocycles. The molecule has 0 unspecified atom stereocenters. The molecule has 3 aromatic carbocycles. The van der Waals surface area contributed by atoms with Crippen molar-refractivity contribution in [3.05, 3.63) is 89.7 Å². The van der Waals surface area contributed by atoms with E-state index in [2.05, 4.69) is 18.2 Å². The Morgan fingerprint density at radius 2 is 1.73 bits per heavy atom. The second-order valence-corrected chi connectivity index (χ2v) is 10.5. The minimum absolute atomic E-state index is 0.00406. The van der Waals surface area contributed by atoms with Gasteiger partial charge >= 0.3 is 5.97 Å². The predicted octanol–water partition coefficient (Wildman–Crippen LogP) is 5.57. The third kappa shape index (κ3) is 3.93. The highest BCUT2D eigenvalue weighted by molar-refractivity contribution is 7.91. The number of rotatable bonds is 7. The van der Waals surface area contributed by atoms with Gasteiger partial charge in [0, 0.05) is 10.8 Å². The molecule has 1 heterocycles. The predicted molar refractivity (Wildman–Crippen MR) is 122 cm³/mol. The van der Waals surface area contributed by atoms with Gasteiger partial charge in [0.05, 0.1) is 22.6 Å². The minimum Gasteiger partial charge on any atom is -0.481 e. The first kappa shape index (κ1) is 21.4. The van der Waals surface area contributed by atoms with E-state index in [0.29, 0.717) is 11.3 Å². The third-order valence-corrected chi connectivity index (χ3v) is 8.01. The van der Waals surface area contributed by atoms with Gasteiger partial charge in [0.1, 0.15) is 17.2 Å². The average Bonchev–Trinajstić information content (AvgIpc) is 3.51. The van der Waals surface area contributed by atoms with E-state index < -0.39 is 33.8 Å². The topological polar surface area (TPSA) is 84.6 Å². The molecule has 1 fully saturated rings. The molecule has 33 heavy (non-hydrogen) atoms. The largest absolute Gasteiger partial charge is 0.481 e. The van der Waals surface area contributed by atoms with Crippen LogP contribution >= 0.6 is 0 Å². The van der Waals surface area contributed by atoms with Gasteiger partial charge in [-0.1, -0.05) is 36.4 Å². The number of furan rings is 1. The summed E-state index contributed by atoms with van der Waals surface area (Å²) in [6.45, 7) is 0. The molecule has 7 heteroatoms. The van der Waals surface area contributed by atoms with Gasteiger partial charge in [0.25, 0.3) is 0 Å². The lowest BCUT2D eigenvalue weighted by molar-refractivity contribution is -0.136. The van der Waals surface area contributed by atoms with Gasteiger partial charge in [-0.3, -0.25) is 4.79 Å². The fourth-order valence-electron chi connectivity index (χ4n) is 4.33. The molecule has 168 valence electrons. The van der Waals surface area contributed by atoms with Gasteiger partial charge in [-0.2, -0.15) is 0 Å². The molecule has 4 aromatic rings. The highest BCUT2D eigenvalue weighted by Gasteiger charge is 2.45. The van der Waals surface area contributed by atoms with Crippen molar-refractivity contribution in [3.8, 4) is 11.3 Å². The minimum atomic E-state index is -3.89. The molecule has 0 radical (unpaired) electrons. The lowest BCUT2D eigenvalue weighted by Gasteiger charge is -2.16. The standard InChI is InChI=1S/C26H21FO5S/c27-22-16-20(33(30,31)13-10-25(28)29)7-8-21(22)24-15-17-14-19(6-9-23(17)32-24)26(11-12-26)18-4-2-1-3-5-18/h1-9,14-16H,10-13H2,(H,28,29). The van der Waals surface area contributed by atoms with Crippen LogP contribution < -0.4 is 0 Å². The molecule has 5 nitrogen and oxygen atoms in total. The van der Waals surface area contributed by atoms with E-state index in [1.54, 1.807) is 6.07 Å². The Labute approximate surface area is 190 Å². The van der Waals surface area contributed by atoms with E-state index in [4.69, 9.17) is 9.52 Å². The van der Waals surface area contributed by atoms with Crippen molar-refractivity contribution >= 4 is 26.8 Å². The van der Waals surface area contributed by atoms with E-state index in [1.807, 2.05) is 30.3 Å². The molecule has 1 N–H and O–H groups in total. The molecular weight excluding hydrogens is 443 g/mol. The van der Waals surface area contributed by atoms with Crippen LogP contribution in [0.15, 0.2) is 82.1 Å². The van der Waals surface area contributed by atoms with Gasteiger partial charge in [-0.25, -0.2) is 12.8 Å². The maximum atomic E-state index is 14.9. The van der Waals surface area contributed by atoms with Gasteiger partial charge in [-0.05, 0) is 60.4 Å². The average molecular weight is 465 g/mol. The molecule has 0 atom stereocenters. The number of benzene rings is 3. The number of carboxylic acid groups (broad SMARTS) is 1. The molecule has 0 spiro atoms. The van der Waals surface area contributed by atoms with Crippen LogP contribution in [-0.4, -0.2) is 25.2 Å². The zero-order chi connectivity index (χ0) is 23.2. The monoisotopic (exact) mass is 464 g/mol. The summed E-state index contributed by atoms with van der Waals surface area (Å²) in [4.78, 5) is 10.4. The maximum absolute atomic E-state index is 14.9. The van der Waals surface area contributed by atoms with Gasteiger partial charge in [-0.15, -0.1) is 0 Å². The summed E-state index contributed by atoms with van der Waals surface area (Å²) in [7, 11) is -3.89. The van der Waals surface area contributed by atoms with Crippen molar-refractivity contribution < 1.29 is 27.1 Å². The van der Waals surface area contributed by atoms with Crippen molar-refractivity contribution in [1.29, 1.82) is 0 Å². The Kier molecular flexibility index (Phi) is 5.09. The number of hydrogen-bond acceptors (Lipinski definition) is 4. The normalized spacial score (nSPS) is 14.9. The van der Waals surface area contributed by atoms with Crippen LogP contribution in [0.3, 0.4) is 0 Å². The first-order valence-electron chi connectivity index (χ1n) is 10.6. The summed E-state index contributed by atoms with van der Waals surface area (Å²) < 4.78 is 45.3. The molecule has 5 rings (SSSR count). The summed E-state index contributed by atoms with van der Waals surface area (Å²) in [6.07, 6.45) is 1.60. The SMILES string of the molecule is O=C(O)CCS(=O)(=O)c1ccc(-c2cc3cc(C4(c5ccccc5)CC4)ccc3o2)c(F)c1. The molecule has 0 aliphatic heterocycles. The quantitative estimate of drug-likeness (QED) is 0.387. The summed E-state index contributed by atoms with van der Waals surface area (Å²) in [5.74, 6) is -2.25. The van der Waals surface area contributed by atoms with Crippen LogP contribution in [0.1, 0.15) is 30.4 Å². The molecule has 1 aliphatic carbocycles. The lowest BCUT2D eigenvalue weighted by atomic mass is 9.87. The van der Waals surface area contributed by atoms with Gasteiger partial charge in [0.2, 0.25) is 0 Å². The zero-order valence-electron chi connectivity index (χ0n) is 17.6. The van der Waals surface area contributed by atoms with Gasteiger partial charge in [0.15, 0.2) is 9.84 Å². The first-order chi connectivity index (χ1) is 15.8. The van der Waals surface area contributed by atoms with E-state index in [1.165, 1.54) is 23.3 Å². The van der Waals surface area contributed by atoms with Crippen LogP contribution in [-0.2, 0) is 20.0 Å². The highest BCUT2D eigenvalue weighted by Crippen LogP contribution is 2.54. The Bertz CT molecular complexity index is 1470. The summed E-state index contributed by atoms with van der Waals surface area (Å²) in [5, 5.41) is 9.58. The maximum Gasteiger partial charge on any atom is 0.304 e. The smallest absolute Gasteiger partial charge is 0.304 e. The molecule has 0 amide bonds. The van der Waals surface area contributed by atoms with Crippen LogP contribution in [0.4, 0.5) is 4.39 Å². The summed E-state index contributed by atoms with van der Waals surface area (Å²) in [6, 6.07) is 21.7. The Balaban J connectivity index is 1.47. The Morgan fingerprint density at radius 3 is 2.39 bits per heavy atom.